The van der Waals surface area contributed by atoms with Crippen LogP contribution in [0.1, 0.15) is 5.69 Å². The topological polar surface area (TPSA) is 30.2 Å². The summed E-state index contributed by atoms with van der Waals surface area (Å²) in [6.07, 6.45) is 1.53. The van der Waals surface area contributed by atoms with Gasteiger partial charge in [-0.15, -0.1) is 22.9 Å². The van der Waals surface area contributed by atoms with Gasteiger partial charge in [-0.2, -0.15) is 5.10 Å². The summed E-state index contributed by atoms with van der Waals surface area (Å²) in [4.78, 5) is 4.90. The number of halogens is 1. The maximum atomic E-state index is 5.62. The number of rotatable bonds is 1. The molecule has 2 rings (SSSR count). The van der Waals surface area contributed by atoms with E-state index in [1.807, 2.05) is 5.38 Å². The first-order valence-corrected chi connectivity index (χ1v) is 4.15. The molecule has 0 saturated carbocycles. The Balaban J connectivity index is 2.76. The van der Waals surface area contributed by atoms with Crippen LogP contribution in [0.3, 0.4) is 0 Å². The minimum absolute atomic E-state index is 0.489. The van der Waals surface area contributed by atoms with Crippen molar-refractivity contribution in [1.29, 1.82) is 0 Å². The van der Waals surface area contributed by atoms with Crippen molar-refractivity contribution in [2.45, 2.75) is 5.88 Å². The normalized spacial score (nSPS) is 10.9. The highest BCUT2D eigenvalue weighted by Gasteiger charge is 2.01. The molecule has 2 heterocycles. The van der Waals surface area contributed by atoms with Crippen molar-refractivity contribution in [3.8, 4) is 0 Å². The molecule has 0 amide bonds. The summed E-state index contributed by atoms with van der Waals surface area (Å²) < 4.78 is 1.75. The van der Waals surface area contributed by atoms with Crippen molar-refractivity contribution >= 4 is 27.9 Å². The largest absolute Gasteiger partial charge is 0.212 e. The van der Waals surface area contributed by atoms with Gasteiger partial charge in [-0.1, -0.05) is 0 Å². The monoisotopic (exact) mass is 173 g/mol. The lowest BCUT2D eigenvalue weighted by Crippen LogP contribution is -1.87. The summed E-state index contributed by atoms with van der Waals surface area (Å²) in [6, 6.07) is 0. The summed E-state index contributed by atoms with van der Waals surface area (Å²) in [5.74, 6) is 0.489. The van der Waals surface area contributed by atoms with Crippen LogP contribution in [0.4, 0.5) is 0 Å². The fourth-order valence-corrected chi connectivity index (χ4v) is 1.85. The zero-order chi connectivity index (χ0) is 6.97. The van der Waals surface area contributed by atoms with Gasteiger partial charge in [-0.25, -0.2) is 9.50 Å². The second-order valence-corrected chi connectivity index (χ2v) is 2.92. The zero-order valence-corrected chi connectivity index (χ0v) is 6.56. The summed E-state index contributed by atoms with van der Waals surface area (Å²) in [5.41, 5.74) is 0.999. The van der Waals surface area contributed by atoms with Gasteiger partial charge in [0.15, 0.2) is 0 Å². The quantitative estimate of drug-likeness (QED) is 0.613. The van der Waals surface area contributed by atoms with Crippen LogP contribution in [0.2, 0.25) is 0 Å². The lowest BCUT2D eigenvalue weighted by Gasteiger charge is -1.85. The molecule has 0 aliphatic rings. The molecule has 0 unspecified atom stereocenters. The molecular formula is C5H4ClN3S. The highest BCUT2D eigenvalue weighted by Crippen LogP contribution is 2.13. The van der Waals surface area contributed by atoms with Crippen molar-refractivity contribution in [3.05, 3.63) is 17.4 Å². The first kappa shape index (κ1) is 6.12. The lowest BCUT2D eigenvalue weighted by atomic mass is 10.6. The molecule has 0 bridgehead atoms. The Morgan fingerprint density at radius 2 is 2.60 bits per heavy atom. The number of thiazole rings is 1. The number of nitrogens with zero attached hydrogens (tertiary/aromatic N) is 3. The van der Waals surface area contributed by atoms with E-state index in [-0.39, 0.29) is 0 Å². The average Bonchev–Trinajstić information content (AvgIpc) is 2.44. The van der Waals surface area contributed by atoms with Crippen LogP contribution in [0.5, 0.6) is 0 Å². The van der Waals surface area contributed by atoms with Gasteiger partial charge >= 0.3 is 0 Å². The summed E-state index contributed by atoms with van der Waals surface area (Å²) >= 11 is 7.17. The van der Waals surface area contributed by atoms with Crippen molar-refractivity contribution in [2.24, 2.45) is 0 Å². The fraction of sp³-hybridized carbons (Fsp3) is 0.200. The van der Waals surface area contributed by atoms with Crippen molar-refractivity contribution in [3.63, 3.8) is 0 Å². The molecule has 0 N–H and O–H groups in total. The van der Waals surface area contributed by atoms with E-state index >= 15 is 0 Å². The van der Waals surface area contributed by atoms with Crippen LogP contribution >= 0.6 is 22.9 Å². The molecule has 10 heavy (non-hydrogen) atoms. The highest BCUT2D eigenvalue weighted by molar-refractivity contribution is 7.15. The van der Waals surface area contributed by atoms with E-state index in [9.17, 15) is 0 Å². The minimum atomic E-state index is 0.489. The van der Waals surface area contributed by atoms with E-state index in [4.69, 9.17) is 11.6 Å². The molecule has 3 nitrogen and oxygen atoms in total. The molecule has 2 aromatic rings. The minimum Gasteiger partial charge on any atom is -0.207 e. The van der Waals surface area contributed by atoms with Crippen molar-refractivity contribution in [2.75, 3.05) is 0 Å². The van der Waals surface area contributed by atoms with Crippen molar-refractivity contribution < 1.29 is 0 Å². The molecular weight excluding hydrogens is 170 g/mol. The number of aromatic nitrogens is 3. The maximum Gasteiger partial charge on any atom is 0.212 e. The molecule has 0 spiro atoms. The standard InChI is InChI=1S/C5H4ClN3S/c6-1-4-2-10-5-7-3-8-9(4)5/h2-3H,1H2. The molecule has 0 radical (unpaired) electrons. The van der Waals surface area contributed by atoms with Crippen LogP contribution in [-0.2, 0) is 5.88 Å². The Kier molecular flexibility index (Phi) is 1.35. The van der Waals surface area contributed by atoms with E-state index in [0.29, 0.717) is 5.88 Å². The Hall–Kier alpha value is -0.610. The third-order valence-corrected chi connectivity index (χ3v) is 2.38. The van der Waals surface area contributed by atoms with Crippen molar-refractivity contribution in [1.82, 2.24) is 14.6 Å². The van der Waals surface area contributed by atoms with Gasteiger partial charge in [-0.05, 0) is 0 Å². The zero-order valence-electron chi connectivity index (χ0n) is 4.99. The maximum absolute atomic E-state index is 5.62. The van der Waals surface area contributed by atoms with E-state index in [2.05, 4.69) is 10.1 Å². The third-order valence-electron chi connectivity index (χ3n) is 1.23. The van der Waals surface area contributed by atoms with Gasteiger partial charge in [0.25, 0.3) is 0 Å². The van der Waals surface area contributed by atoms with E-state index in [0.717, 1.165) is 10.7 Å². The second-order valence-electron chi connectivity index (χ2n) is 1.82. The molecule has 5 heteroatoms. The first-order valence-electron chi connectivity index (χ1n) is 2.74. The molecule has 0 aliphatic heterocycles. The van der Waals surface area contributed by atoms with E-state index < -0.39 is 0 Å². The van der Waals surface area contributed by atoms with Gasteiger partial charge in [0.2, 0.25) is 4.96 Å². The third kappa shape index (κ3) is 0.726. The Labute approximate surface area is 66.3 Å². The van der Waals surface area contributed by atoms with Gasteiger partial charge in [0.05, 0.1) is 11.6 Å². The van der Waals surface area contributed by atoms with Crippen LogP contribution in [-0.4, -0.2) is 14.6 Å². The van der Waals surface area contributed by atoms with Crippen LogP contribution in [0, 0.1) is 0 Å². The van der Waals surface area contributed by atoms with Crippen LogP contribution < -0.4 is 0 Å². The molecule has 0 saturated heterocycles. The molecule has 0 atom stereocenters. The first-order chi connectivity index (χ1) is 4.92. The number of hydrogen-bond acceptors (Lipinski definition) is 3. The predicted molar refractivity (Wildman–Crippen MR) is 40.4 cm³/mol. The molecule has 0 aromatic carbocycles. The molecule has 0 aliphatic carbocycles. The Morgan fingerprint density at radius 1 is 1.70 bits per heavy atom. The highest BCUT2D eigenvalue weighted by atomic mass is 35.5. The summed E-state index contributed by atoms with van der Waals surface area (Å²) in [5, 5.41) is 5.94. The van der Waals surface area contributed by atoms with Gasteiger partial charge < -0.3 is 0 Å². The second kappa shape index (κ2) is 2.21. The number of alkyl halides is 1. The van der Waals surface area contributed by atoms with Crippen LogP contribution in [0.25, 0.3) is 4.96 Å². The molecule has 2 aromatic heterocycles. The summed E-state index contributed by atoms with van der Waals surface area (Å²) in [6.45, 7) is 0. The lowest BCUT2D eigenvalue weighted by molar-refractivity contribution is 0.922. The van der Waals surface area contributed by atoms with Crippen LogP contribution in [0.15, 0.2) is 11.7 Å². The predicted octanol–water partition coefficient (Wildman–Crippen LogP) is 1.53. The average molecular weight is 174 g/mol. The fourth-order valence-electron chi connectivity index (χ4n) is 0.767. The van der Waals surface area contributed by atoms with E-state index in [1.54, 1.807) is 15.9 Å². The van der Waals surface area contributed by atoms with Gasteiger partial charge in [0.1, 0.15) is 6.33 Å². The SMILES string of the molecule is ClCc1csc2ncnn12. The number of fused-ring (bicyclic) bond motifs is 1. The smallest absolute Gasteiger partial charge is 0.207 e. The Morgan fingerprint density at radius 3 is 3.40 bits per heavy atom. The van der Waals surface area contributed by atoms with Gasteiger partial charge in [0, 0.05) is 5.38 Å². The number of hydrogen-bond donors (Lipinski definition) is 0. The molecule has 0 fully saturated rings. The van der Waals surface area contributed by atoms with E-state index in [1.165, 1.54) is 6.33 Å². The molecule has 52 valence electrons. The summed E-state index contributed by atoms with van der Waals surface area (Å²) in [7, 11) is 0. The van der Waals surface area contributed by atoms with Gasteiger partial charge in [-0.3, -0.25) is 0 Å². The Bertz CT molecular complexity index is 339.